The Bertz CT molecular complexity index is 570. The Hall–Kier alpha value is -0.380. The van der Waals surface area contributed by atoms with E-state index in [2.05, 4.69) is 20.5 Å². The molecule has 0 spiro atoms. The molecule has 2 N–H and O–H groups in total. The molecule has 0 aromatic rings. The van der Waals surface area contributed by atoms with Gasteiger partial charge in [-0.1, -0.05) is 0 Å². The first-order chi connectivity index (χ1) is 12.6. The maximum atomic E-state index is 12.6. The first-order valence-corrected chi connectivity index (χ1v) is 10.2. The van der Waals surface area contributed by atoms with Gasteiger partial charge in [0.25, 0.3) is 0 Å². The number of likely N-dealkylation sites (N-methyl/N-ethyl adjacent to an activating group) is 1. The molecule has 0 saturated carbocycles. The normalized spacial score (nSPS) is 17.5. The topological polar surface area (TPSA) is 86.3 Å². The predicted molar refractivity (Wildman–Crippen MR) is 113 cm³/mol. The van der Waals surface area contributed by atoms with Crippen molar-refractivity contribution in [3.8, 4) is 0 Å². The minimum Gasteiger partial charge on any atom is -0.383 e. The molecular formula is C15H31F3IN5O3S. The summed E-state index contributed by atoms with van der Waals surface area (Å²) in [5.74, 6) is 0.702. The summed E-state index contributed by atoms with van der Waals surface area (Å²) in [6.45, 7) is 3.25. The Morgan fingerprint density at radius 1 is 1.25 bits per heavy atom. The standard InChI is InChI=1S/C15H30F3N5O3S.HI/c1-19-14(20-6-9-22(2)10-11-26-3)21-12-13-4-7-23(8-5-13)27(24,25)15(16,17)18;/h13H,4-12H2,1-3H3,(H2,19,20,21);1H. The van der Waals surface area contributed by atoms with E-state index in [9.17, 15) is 21.6 Å². The zero-order valence-electron chi connectivity index (χ0n) is 16.5. The lowest BCUT2D eigenvalue weighted by molar-refractivity contribution is -0.0496. The molecule has 0 aromatic heterocycles. The van der Waals surface area contributed by atoms with Crippen LogP contribution in [0.25, 0.3) is 0 Å². The molecule has 28 heavy (non-hydrogen) atoms. The smallest absolute Gasteiger partial charge is 0.383 e. The molecule has 13 heteroatoms. The van der Waals surface area contributed by atoms with E-state index in [0.29, 0.717) is 42.8 Å². The van der Waals surface area contributed by atoms with E-state index in [1.807, 2.05) is 7.05 Å². The Kier molecular flexibility index (Phi) is 12.9. The molecule has 0 amide bonds. The average Bonchev–Trinajstić information content (AvgIpc) is 2.62. The van der Waals surface area contributed by atoms with E-state index in [1.165, 1.54) is 0 Å². The second-order valence-corrected chi connectivity index (χ2v) is 8.40. The van der Waals surface area contributed by atoms with Gasteiger partial charge in [-0.05, 0) is 25.8 Å². The number of alkyl halides is 3. The number of hydrogen-bond donors (Lipinski definition) is 2. The van der Waals surface area contributed by atoms with Gasteiger partial charge in [-0.3, -0.25) is 4.99 Å². The third-order valence-electron chi connectivity index (χ3n) is 4.45. The second-order valence-electron chi connectivity index (χ2n) is 6.47. The minimum absolute atomic E-state index is 0. The van der Waals surface area contributed by atoms with Gasteiger partial charge in [0.1, 0.15) is 0 Å². The highest BCUT2D eigenvalue weighted by Crippen LogP contribution is 2.30. The fourth-order valence-electron chi connectivity index (χ4n) is 2.69. The van der Waals surface area contributed by atoms with Crippen LogP contribution in [0, 0.1) is 5.92 Å². The van der Waals surface area contributed by atoms with Crippen molar-refractivity contribution in [3.05, 3.63) is 0 Å². The third kappa shape index (κ3) is 8.97. The molecule has 1 aliphatic heterocycles. The number of aliphatic imine (C=N–C) groups is 1. The summed E-state index contributed by atoms with van der Waals surface area (Å²) in [5, 5.41) is 6.32. The van der Waals surface area contributed by atoms with Crippen LogP contribution in [-0.2, 0) is 14.8 Å². The summed E-state index contributed by atoms with van der Waals surface area (Å²) >= 11 is 0. The van der Waals surface area contributed by atoms with Crippen LogP contribution in [-0.4, -0.2) is 96.2 Å². The number of piperidine rings is 1. The van der Waals surface area contributed by atoms with Crippen molar-refractivity contribution in [1.82, 2.24) is 19.8 Å². The highest BCUT2D eigenvalue weighted by atomic mass is 127. The molecule has 0 aromatic carbocycles. The van der Waals surface area contributed by atoms with Crippen molar-refractivity contribution in [2.45, 2.75) is 18.3 Å². The van der Waals surface area contributed by atoms with Gasteiger partial charge in [0.15, 0.2) is 5.96 Å². The van der Waals surface area contributed by atoms with Crippen LogP contribution in [0.15, 0.2) is 4.99 Å². The van der Waals surface area contributed by atoms with E-state index in [4.69, 9.17) is 4.74 Å². The summed E-state index contributed by atoms with van der Waals surface area (Å²) in [6, 6.07) is 0. The van der Waals surface area contributed by atoms with Crippen molar-refractivity contribution in [2.75, 3.05) is 67.1 Å². The lowest BCUT2D eigenvalue weighted by Gasteiger charge is -2.31. The van der Waals surface area contributed by atoms with Gasteiger partial charge in [0.05, 0.1) is 6.61 Å². The van der Waals surface area contributed by atoms with Crippen molar-refractivity contribution in [1.29, 1.82) is 0 Å². The van der Waals surface area contributed by atoms with Gasteiger partial charge in [-0.25, -0.2) is 8.42 Å². The summed E-state index contributed by atoms with van der Waals surface area (Å²) in [6.07, 6.45) is 0.748. The largest absolute Gasteiger partial charge is 0.511 e. The lowest BCUT2D eigenvalue weighted by atomic mass is 9.98. The Morgan fingerprint density at radius 3 is 2.36 bits per heavy atom. The third-order valence-corrected chi connectivity index (χ3v) is 6.08. The molecule has 1 fully saturated rings. The highest BCUT2D eigenvalue weighted by Gasteiger charge is 2.50. The summed E-state index contributed by atoms with van der Waals surface area (Å²) < 4.78 is 66.1. The maximum Gasteiger partial charge on any atom is 0.511 e. The van der Waals surface area contributed by atoms with Crippen LogP contribution >= 0.6 is 24.0 Å². The molecular weight excluding hydrogens is 514 g/mol. The number of ether oxygens (including phenoxy) is 1. The van der Waals surface area contributed by atoms with E-state index < -0.39 is 15.5 Å². The fraction of sp³-hybridized carbons (Fsp3) is 0.933. The second kappa shape index (κ2) is 13.0. The SMILES string of the molecule is CN=C(NCCN(C)CCOC)NCC1CCN(S(=O)(=O)C(F)(F)F)CC1.I. The van der Waals surface area contributed by atoms with E-state index >= 15 is 0 Å². The van der Waals surface area contributed by atoms with E-state index in [1.54, 1.807) is 14.2 Å². The molecule has 1 rings (SSSR count). The zero-order valence-corrected chi connectivity index (χ0v) is 19.6. The number of guanidine groups is 1. The van der Waals surface area contributed by atoms with Crippen LogP contribution in [0.1, 0.15) is 12.8 Å². The summed E-state index contributed by atoms with van der Waals surface area (Å²) in [5.41, 5.74) is -5.24. The fourth-order valence-corrected chi connectivity index (χ4v) is 3.67. The Balaban J connectivity index is 0.00000729. The van der Waals surface area contributed by atoms with Crippen LogP contribution in [0.3, 0.4) is 0 Å². The average molecular weight is 545 g/mol. The van der Waals surface area contributed by atoms with Gasteiger partial charge in [-0.15, -0.1) is 24.0 Å². The molecule has 1 heterocycles. The van der Waals surface area contributed by atoms with Crippen LogP contribution in [0.4, 0.5) is 13.2 Å². The number of nitrogens with zero attached hydrogens (tertiary/aromatic N) is 3. The molecule has 0 radical (unpaired) electrons. The lowest BCUT2D eigenvalue weighted by Crippen LogP contribution is -2.47. The quantitative estimate of drug-likeness (QED) is 0.255. The number of rotatable bonds is 9. The number of halogens is 4. The Morgan fingerprint density at radius 2 is 1.86 bits per heavy atom. The van der Waals surface area contributed by atoms with E-state index in [0.717, 1.165) is 13.1 Å². The van der Waals surface area contributed by atoms with Gasteiger partial charge < -0.3 is 20.3 Å². The number of methoxy groups -OCH3 is 1. The minimum atomic E-state index is -5.24. The van der Waals surface area contributed by atoms with Gasteiger partial charge >= 0.3 is 15.5 Å². The summed E-state index contributed by atoms with van der Waals surface area (Å²) in [4.78, 5) is 6.23. The zero-order chi connectivity index (χ0) is 20.5. The Labute approximate surface area is 182 Å². The molecule has 0 aliphatic carbocycles. The molecule has 0 atom stereocenters. The van der Waals surface area contributed by atoms with Crippen LogP contribution < -0.4 is 10.6 Å². The first-order valence-electron chi connectivity index (χ1n) is 8.80. The van der Waals surface area contributed by atoms with E-state index in [-0.39, 0.29) is 43.0 Å². The maximum absolute atomic E-state index is 12.6. The molecule has 0 unspecified atom stereocenters. The molecule has 1 saturated heterocycles. The molecule has 8 nitrogen and oxygen atoms in total. The number of sulfonamides is 1. The van der Waals surface area contributed by atoms with Crippen molar-refractivity contribution in [2.24, 2.45) is 10.9 Å². The van der Waals surface area contributed by atoms with Crippen LogP contribution in [0.2, 0.25) is 0 Å². The summed E-state index contributed by atoms with van der Waals surface area (Å²) in [7, 11) is 0.0582. The van der Waals surface area contributed by atoms with Crippen molar-refractivity contribution in [3.63, 3.8) is 0 Å². The number of nitrogens with one attached hydrogen (secondary N) is 2. The van der Waals surface area contributed by atoms with Crippen molar-refractivity contribution < 1.29 is 26.3 Å². The number of hydrogen-bond acceptors (Lipinski definition) is 5. The van der Waals surface area contributed by atoms with Gasteiger partial charge in [0, 0.05) is 53.4 Å². The molecule has 1 aliphatic rings. The highest BCUT2D eigenvalue weighted by molar-refractivity contribution is 14.0. The van der Waals surface area contributed by atoms with Gasteiger partial charge in [-0.2, -0.15) is 17.5 Å². The predicted octanol–water partition coefficient (Wildman–Crippen LogP) is 0.909. The molecule has 0 bridgehead atoms. The van der Waals surface area contributed by atoms with Crippen molar-refractivity contribution >= 4 is 40.0 Å². The molecule has 168 valence electrons. The van der Waals surface area contributed by atoms with Gasteiger partial charge in [0.2, 0.25) is 0 Å². The monoisotopic (exact) mass is 545 g/mol. The first kappa shape index (κ1) is 27.6. The van der Waals surface area contributed by atoms with Crippen LogP contribution in [0.5, 0.6) is 0 Å².